The second-order valence-electron chi connectivity index (χ2n) is 12.2. The van der Waals surface area contributed by atoms with Gasteiger partial charge in [-0.3, -0.25) is 4.57 Å². The van der Waals surface area contributed by atoms with E-state index in [0.717, 1.165) is 81.9 Å². The first-order chi connectivity index (χ1) is 28.8. The van der Waals surface area contributed by atoms with Crippen LogP contribution in [0.15, 0.2) is 0 Å². The summed E-state index contributed by atoms with van der Waals surface area (Å²) in [5.41, 5.74) is -6.19. The maximum atomic E-state index is 11.9. The Morgan fingerprint density at radius 3 is 1.09 bits per heavy atom. The molecule has 0 radical (unpaired) electrons. The normalized spacial score (nSPS) is 13.6. The van der Waals surface area contributed by atoms with Crippen LogP contribution >= 0.6 is 70.4 Å². The molecule has 0 amide bonds. The molecule has 0 aliphatic heterocycles. The average Bonchev–Trinajstić information content (AvgIpc) is 3.27. The molecule has 64 heavy (non-hydrogen) atoms. The Kier molecular flexibility index (Phi) is 73.0. The van der Waals surface area contributed by atoms with Crippen LogP contribution in [0.2, 0.25) is 0 Å². The molecule has 4 unspecified atom stereocenters. The maximum absolute atomic E-state index is 11.9. The zero-order chi connectivity index (χ0) is 48.2. The van der Waals surface area contributed by atoms with Gasteiger partial charge in [0.15, 0.2) is 0 Å². The van der Waals surface area contributed by atoms with Crippen molar-refractivity contribution in [2.75, 3.05) is 72.8 Å². The molecule has 0 aromatic heterocycles. The van der Waals surface area contributed by atoms with Crippen molar-refractivity contribution in [2.45, 2.75) is 151 Å². The number of carbonyl (C=O) groups is 4. The number of unbranched alkanes of at least 4 members (excludes halogenated alkanes) is 15. The van der Waals surface area contributed by atoms with Gasteiger partial charge in [-0.05, 0) is 48.5 Å². The number of alkyl halides is 1. The molecule has 0 spiro atoms. The number of hydrogen-bond donors (Lipinski definition) is 0. The Morgan fingerprint density at radius 2 is 0.812 bits per heavy atom. The van der Waals surface area contributed by atoms with Crippen molar-refractivity contribution in [3.63, 3.8) is 0 Å². The number of halogens is 1. The van der Waals surface area contributed by atoms with Crippen molar-refractivity contribution in [3.8, 4) is 0 Å². The first-order valence-electron chi connectivity index (χ1n) is 19.9. The molecule has 0 aliphatic rings. The molecule has 0 fully saturated rings. The van der Waals surface area contributed by atoms with Crippen LogP contribution in [-0.2, 0) is 77.0 Å². The van der Waals surface area contributed by atoms with Crippen LogP contribution in [0.4, 0.5) is 19.2 Å². The van der Waals surface area contributed by atoms with Gasteiger partial charge in [0.2, 0.25) is 0 Å². The third kappa shape index (κ3) is 47.9. The minimum atomic E-state index is -3.62. The van der Waals surface area contributed by atoms with Crippen molar-refractivity contribution in [1.29, 1.82) is 0 Å². The molecular weight excluding hydrogens is 1130 g/mol. The van der Waals surface area contributed by atoms with Crippen LogP contribution in [0.25, 0.3) is 0 Å². The molecule has 0 aliphatic carbocycles. The fourth-order valence-corrected chi connectivity index (χ4v) is 10.1. The summed E-state index contributed by atoms with van der Waals surface area (Å²) in [7, 11) is 6.21. The molecule has 0 saturated heterocycles. The molecule has 0 aromatic carbocycles. The Bertz CT molecular complexity index is 1260. The average molecular weight is 1210 g/mol. The molecule has 0 saturated carbocycles. The Hall–Kier alpha value is 2.25. The summed E-state index contributed by atoms with van der Waals surface area (Å²) in [4.78, 5) is 68.1. The van der Waals surface area contributed by atoms with E-state index in [1.54, 1.807) is 6.26 Å². The monoisotopic (exact) mass is 1210 g/mol. The minimum absolute atomic E-state index is 0. The van der Waals surface area contributed by atoms with Crippen molar-refractivity contribution in [1.82, 2.24) is 0 Å². The van der Waals surface area contributed by atoms with Crippen LogP contribution < -0.4 is 39.3 Å². The summed E-state index contributed by atoms with van der Waals surface area (Å²) < 4.78 is 49.8. The van der Waals surface area contributed by atoms with E-state index >= 15 is 0 Å². The SMILES string of the molecule is C.C.CCCCCCCCOP(=O)(SC)C(=O)OC.CCCCCCCCOP(=S)(OC)C(=O)OC.CCCCCCCCOP([O-])(=S)C(=O)OC.CI.COC(=O)P([O-])(=S)SC.[Na+]. The van der Waals surface area contributed by atoms with Crippen molar-refractivity contribution >= 4 is 129 Å². The Labute approximate surface area is 448 Å². The first-order valence-corrected chi connectivity index (χ1v) is 35.4. The minimum Gasteiger partial charge on any atom is -0.805 e. The summed E-state index contributed by atoms with van der Waals surface area (Å²) in [5.74, 6) is 0. The number of methoxy groups -OCH3 is 4. The zero-order valence-corrected chi connectivity index (χ0v) is 51.0. The van der Waals surface area contributed by atoms with Gasteiger partial charge >= 0.3 is 59.0 Å². The van der Waals surface area contributed by atoms with Crippen LogP contribution in [0.5, 0.6) is 0 Å². The smallest absolute Gasteiger partial charge is 0.805 e. The molecule has 384 valence electrons. The third-order valence-electron chi connectivity index (χ3n) is 7.59. The maximum Gasteiger partial charge on any atom is 1.00 e. The third-order valence-corrected chi connectivity index (χ3v) is 21.0. The predicted molar refractivity (Wildman–Crippen MR) is 286 cm³/mol. The summed E-state index contributed by atoms with van der Waals surface area (Å²) in [6.45, 7) is -2.19. The standard InChI is InChI=1S/2C11H23O4PS.C10H21O4PS.C3H7O3PS2.CH3I.2CH4.Na/c1-4-5-6-7-8-9-10-15-16(13,17-3)11(12)14-2;1-4-5-6-7-8-9-10-15-16(17,14-3)11(12)13-2;1-3-4-5-6-7-8-9-14-15(12,16)10(11)13-2;1-6-3(4)7(5,8)9-2;1-2;;;/h2*4-10H2,1-3H3;3-9H2,1-2H3,(H,12,16);1-2H3,(H,5,8);1H3;2*1H4;/q;;;;;;;+1/p-2. The van der Waals surface area contributed by atoms with Gasteiger partial charge in [0.25, 0.3) is 6.49 Å². The summed E-state index contributed by atoms with van der Waals surface area (Å²) in [6.07, 6.45) is 23.4. The summed E-state index contributed by atoms with van der Waals surface area (Å²) >= 11 is 17.9. The number of carbonyl (C=O) groups excluding carboxylic acids is 4. The number of rotatable bonds is 31. The van der Waals surface area contributed by atoms with Crippen molar-refractivity contribution < 1.29 is 100 Å². The van der Waals surface area contributed by atoms with Crippen LogP contribution in [0, 0.1) is 0 Å². The second-order valence-corrected chi connectivity index (χ2v) is 29.8. The molecule has 26 heteroatoms. The van der Waals surface area contributed by atoms with E-state index in [9.17, 15) is 33.5 Å². The van der Waals surface area contributed by atoms with Gasteiger partial charge < -0.3 is 46.8 Å². The zero-order valence-electron chi connectivity index (χ0n) is 39.2. The van der Waals surface area contributed by atoms with Gasteiger partial charge in [-0.15, -0.1) is 11.4 Å². The quantitative estimate of drug-likeness (QED) is 0.0158. The van der Waals surface area contributed by atoms with E-state index in [1.165, 1.54) is 98.2 Å². The van der Waals surface area contributed by atoms with Gasteiger partial charge in [0.1, 0.15) is 6.49 Å². The molecular formula is C38H83INaO15P4S5-. The van der Waals surface area contributed by atoms with E-state index in [2.05, 4.69) is 85.9 Å². The topological polar surface area (TPSA) is 205 Å². The van der Waals surface area contributed by atoms with Crippen LogP contribution in [-0.4, -0.2) is 95.7 Å². The largest absolute Gasteiger partial charge is 1.00 e. The van der Waals surface area contributed by atoms with E-state index in [0.29, 0.717) is 13.2 Å². The summed E-state index contributed by atoms with van der Waals surface area (Å²) in [5, 5.41) is 0. The molecule has 15 nitrogen and oxygen atoms in total. The number of ether oxygens (including phenoxy) is 4. The Morgan fingerprint density at radius 1 is 0.500 bits per heavy atom. The van der Waals surface area contributed by atoms with Crippen molar-refractivity contribution in [3.05, 3.63) is 0 Å². The Balaban J connectivity index is -0.000000108. The van der Waals surface area contributed by atoms with Crippen LogP contribution in [0.1, 0.15) is 151 Å². The van der Waals surface area contributed by atoms with Gasteiger partial charge in [0.05, 0.1) is 48.3 Å². The van der Waals surface area contributed by atoms with E-state index in [4.69, 9.17) is 29.9 Å². The van der Waals surface area contributed by atoms with Gasteiger partial charge in [-0.2, -0.15) is 0 Å². The van der Waals surface area contributed by atoms with Gasteiger partial charge in [0, 0.05) is 12.6 Å². The fourth-order valence-electron chi connectivity index (χ4n) is 4.14. The first kappa shape index (κ1) is 83.1. The van der Waals surface area contributed by atoms with Gasteiger partial charge in [-0.1, -0.05) is 190 Å². The van der Waals surface area contributed by atoms with Crippen molar-refractivity contribution in [2.24, 2.45) is 0 Å². The molecule has 0 bridgehead atoms. The predicted octanol–water partition coefficient (Wildman–Crippen LogP) is 11.7. The van der Waals surface area contributed by atoms with E-state index in [-0.39, 0.29) is 51.0 Å². The van der Waals surface area contributed by atoms with Crippen LogP contribution in [0.3, 0.4) is 0 Å². The number of hydrogen-bond acceptors (Lipinski definition) is 20. The molecule has 4 atom stereocenters. The van der Waals surface area contributed by atoms with E-state index in [1.807, 2.05) is 4.93 Å². The van der Waals surface area contributed by atoms with Gasteiger partial charge in [-0.25, -0.2) is 19.2 Å². The fraction of sp³-hybridized carbons (Fsp3) is 0.895. The molecule has 0 aromatic rings. The molecule has 0 rings (SSSR count). The molecule has 0 heterocycles. The second kappa shape index (κ2) is 56.2. The van der Waals surface area contributed by atoms with E-state index < -0.39 is 47.9 Å². The summed E-state index contributed by atoms with van der Waals surface area (Å²) in [6, 6.07) is 0. The molecule has 0 N–H and O–H groups in total.